The van der Waals surface area contributed by atoms with Crippen LogP contribution in [-0.4, -0.2) is 38.1 Å². The van der Waals surface area contributed by atoms with Crippen molar-refractivity contribution in [3.8, 4) is 17.0 Å². The molecule has 1 N–H and O–H groups in total. The van der Waals surface area contributed by atoms with Gasteiger partial charge in [-0.05, 0) is 36.2 Å². The molecule has 4 aromatic rings. The Morgan fingerprint density at radius 2 is 2.13 bits per heavy atom. The van der Waals surface area contributed by atoms with Gasteiger partial charge in [0, 0.05) is 24.4 Å². The summed E-state index contributed by atoms with van der Waals surface area (Å²) >= 11 is 0. The standard InChI is InChI=1S/C23H21N5O2/c1-15-8-16-10-17(30-23(16)18(9-15)20-12-24-6-7-25-20)11-26-22(29)13-28-14-27-19-4-2-3-5-21(19)28/h2-9,12,14,17H,10-11,13H2,1H3,(H,26,29). The molecule has 1 amide bonds. The van der Waals surface area contributed by atoms with Gasteiger partial charge >= 0.3 is 0 Å². The third-order valence-corrected chi connectivity index (χ3v) is 5.25. The van der Waals surface area contributed by atoms with E-state index in [1.165, 1.54) is 0 Å². The van der Waals surface area contributed by atoms with Gasteiger partial charge in [-0.2, -0.15) is 0 Å². The van der Waals surface area contributed by atoms with E-state index in [4.69, 9.17) is 4.74 Å². The quantitative estimate of drug-likeness (QED) is 0.558. The Kier molecular flexibility index (Phi) is 4.63. The van der Waals surface area contributed by atoms with Crippen molar-refractivity contribution in [2.45, 2.75) is 26.0 Å². The molecule has 2 aromatic carbocycles. The zero-order valence-electron chi connectivity index (χ0n) is 16.6. The van der Waals surface area contributed by atoms with Gasteiger partial charge in [-0.15, -0.1) is 0 Å². The Morgan fingerprint density at radius 3 is 3.00 bits per heavy atom. The van der Waals surface area contributed by atoms with Crippen LogP contribution >= 0.6 is 0 Å². The van der Waals surface area contributed by atoms with Gasteiger partial charge in [0.05, 0.1) is 35.8 Å². The Bertz CT molecular complexity index is 1220. The van der Waals surface area contributed by atoms with Crippen molar-refractivity contribution >= 4 is 16.9 Å². The van der Waals surface area contributed by atoms with E-state index in [0.717, 1.165) is 45.6 Å². The number of carbonyl (C=O) groups excluding carboxylic acids is 1. The fourth-order valence-electron chi connectivity index (χ4n) is 3.91. The lowest BCUT2D eigenvalue weighted by Crippen LogP contribution is -2.36. The monoisotopic (exact) mass is 399 g/mol. The van der Waals surface area contributed by atoms with Crippen molar-refractivity contribution in [1.82, 2.24) is 24.8 Å². The van der Waals surface area contributed by atoms with Gasteiger partial charge < -0.3 is 14.6 Å². The average Bonchev–Trinajstić information content (AvgIpc) is 3.36. The summed E-state index contributed by atoms with van der Waals surface area (Å²) in [6.45, 7) is 2.73. The van der Waals surface area contributed by atoms with Gasteiger partial charge in [-0.3, -0.25) is 14.8 Å². The summed E-state index contributed by atoms with van der Waals surface area (Å²) in [5.74, 6) is 0.768. The predicted molar refractivity (Wildman–Crippen MR) is 113 cm³/mol. The molecule has 0 saturated carbocycles. The van der Waals surface area contributed by atoms with Gasteiger partial charge in [-0.1, -0.05) is 18.2 Å². The van der Waals surface area contributed by atoms with Crippen LogP contribution in [-0.2, 0) is 17.8 Å². The van der Waals surface area contributed by atoms with Crippen LogP contribution in [0.5, 0.6) is 5.75 Å². The van der Waals surface area contributed by atoms with Crippen LogP contribution in [0.3, 0.4) is 0 Å². The molecule has 0 saturated heterocycles. The molecular weight excluding hydrogens is 378 g/mol. The van der Waals surface area contributed by atoms with Crippen molar-refractivity contribution < 1.29 is 9.53 Å². The molecule has 1 aliphatic rings. The van der Waals surface area contributed by atoms with Crippen LogP contribution in [0.4, 0.5) is 0 Å². The van der Waals surface area contributed by atoms with E-state index >= 15 is 0 Å². The minimum atomic E-state index is -0.110. The van der Waals surface area contributed by atoms with E-state index in [-0.39, 0.29) is 18.6 Å². The first-order valence-corrected chi connectivity index (χ1v) is 9.90. The van der Waals surface area contributed by atoms with Gasteiger partial charge in [0.1, 0.15) is 18.4 Å². The van der Waals surface area contributed by atoms with Crippen molar-refractivity contribution in [3.05, 3.63) is 72.4 Å². The number of hydrogen-bond acceptors (Lipinski definition) is 5. The summed E-state index contributed by atoms with van der Waals surface area (Å²) in [6.07, 6.45) is 7.41. The number of imidazole rings is 1. The maximum absolute atomic E-state index is 12.5. The molecule has 2 aromatic heterocycles. The molecule has 3 heterocycles. The fraction of sp³-hybridized carbons (Fsp3) is 0.217. The summed E-state index contributed by atoms with van der Waals surface area (Å²) < 4.78 is 8.05. The largest absolute Gasteiger partial charge is 0.487 e. The van der Waals surface area contributed by atoms with E-state index in [2.05, 4.69) is 39.3 Å². The number of para-hydroxylation sites is 2. The lowest BCUT2D eigenvalue weighted by atomic mass is 10.0. The normalized spacial score (nSPS) is 15.0. The molecule has 0 radical (unpaired) electrons. The number of ether oxygens (including phenoxy) is 1. The topological polar surface area (TPSA) is 81.9 Å². The lowest BCUT2D eigenvalue weighted by Gasteiger charge is -2.14. The van der Waals surface area contributed by atoms with Crippen molar-refractivity contribution in [2.75, 3.05) is 6.54 Å². The van der Waals surface area contributed by atoms with Crippen LogP contribution in [0.15, 0.2) is 61.3 Å². The smallest absolute Gasteiger partial charge is 0.240 e. The van der Waals surface area contributed by atoms with Crippen LogP contribution in [0, 0.1) is 6.92 Å². The number of fused-ring (bicyclic) bond motifs is 2. The maximum Gasteiger partial charge on any atom is 0.240 e. The molecule has 5 rings (SSSR count). The first-order valence-electron chi connectivity index (χ1n) is 9.90. The van der Waals surface area contributed by atoms with Crippen LogP contribution in [0.25, 0.3) is 22.3 Å². The van der Waals surface area contributed by atoms with Crippen molar-refractivity contribution in [2.24, 2.45) is 0 Å². The van der Waals surface area contributed by atoms with Gasteiger partial charge in [0.15, 0.2) is 0 Å². The summed E-state index contributed by atoms with van der Waals surface area (Å²) in [6, 6.07) is 12.0. The van der Waals surface area contributed by atoms with Crippen LogP contribution in [0.2, 0.25) is 0 Å². The van der Waals surface area contributed by atoms with Gasteiger partial charge in [0.25, 0.3) is 0 Å². The second-order valence-corrected chi connectivity index (χ2v) is 7.50. The number of aromatic nitrogens is 4. The van der Waals surface area contributed by atoms with Gasteiger partial charge in [0.2, 0.25) is 5.91 Å². The zero-order chi connectivity index (χ0) is 20.5. The number of carbonyl (C=O) groups is 1. The average molecular weight is 399 g/mol. The zero-order valence-corrected chi connectivity index (χ0v) is 16.6. The number of nitrogens with one attached hydrogen (secondary N) is 1. The molecule has 1 atom stereocenters. The number of rotatable bonds is 5. The Labute approximate surface area is 173 Å². The molecule has 7 nitrogen and oxygen atoms in total. The first kappa shape index (κ1) is 18.3. The molecule has 7 heteroatoms. The highest BCUT2D eigenvalue weighted by Gasteiger charge is 2.27. The minimum Gasteiger partial charge on any atom is -0.487 e. The third-order valence-electron chi connectivity index (χ3n) is 5.25. The number of amides is 1. The molecule has 150 valence electrons. The van der Waals surface area contributed by atoms with Crippen LogP contribution in [0.1, 0.15) is 11.1 Å². The van der Waals surface area contributed by atoms with E-state index in [9.17, 15) is 4.79 Å². The summed E-state index contributed by atoms with van der Waals surface area (Å²) in [7, 11) is 0. The minimum absolute atomic E-state index is 0.0666. The summed E-state index contributed by atoms with van der Waals surface area (Å²) in [5, 5.41) is 3.00. The highest BCUT2D eigenvalue weighted by atomic mass is 16.5. The Balaban J connectivity index is 1.26. The van der Waals surface area contributed by atoms with Gasteiger partial charge in [-0.25, -0.2) is 4.98 Å². The Hall–Kier alpha value is -3.74. The van der Waals surface area contributed by atoms with Crippen molar-refractivity contribution in [1.29, 1.82) is 0 Å². The molecule has 1 aliphatic heterocycles. The highest BCUT2D eigenvalue weighted by Crippen LogP contribution is 2.38. The molecule has 0 bridgehead atoms. The number of aryl methyl sites for hydroxylation is 1. The second kappa shape index (κ2) is 7.59. The van der Waals surface area contributed by atoms with E-state index in [1.54, 1.807) is 24.9 Å². The summed E-state index contributed by atoms with van der Waals surface area (Å²) in [5.41, 5.74) is 5.84. The van der Waals surface area contributed by atoms with Crippen molar-refractivity contribution in [3.63, 3.8) is 0 Å². The number of benzene rings is 2. The number of nitrogens with zero attached hydrogens (tertiary/aromatic N) is 4. The lowest BCUT2D eigenvalue weighted by molar-refractivity contribution is -0.121. The van der Waals surface area contributed by atoms with E-state index in [1.807, 2.05) is 28.8 Å². The SMILES string of the molecule is Cc1cc2c(c(-c3cnccn3)c1)OC(CNC(=O)Cn1cnc3ccccc31)C2. The molecule has 0 aliphatic carbocycles. The summed E-state index contributed by atoms with van der Waals surface area (Å²) in [4.78, 5) is 25.4. The molecular formula is C23H21N5O2. The molecule has 30 heavy (non-hydrogen) atoms. The van der Waals surface area contributed by atoms with E-state index in [0.29, 0.717) is 6.54 Å². The van der Waals surface area contributed by atoms with Crippen LogP contribution < -0.4 is 10.1 Å². The molecule has 0 fully saturated rings. The first-order chi connectivity index (χ1) is 14.7. The molecule has 0 spiro atoms. The highest BCUT2D eigenvalue weighted by molar-refractivity contribution is 5.80. The number of hydrogen-bond donors (Lipinski definition) is 1. The second-order valence-electron chi connectivity index (χ2n) is 7.50. The molecule has 1 unspecified atom stereocenters. The van der Waals surface area contributed by atoms with E-state index < -0.39 is 0 Å². The fourth-order valence-corrected chi connectivity index (χ4v) is 3.91. The third kappa shape index (κ3) is 3.50. The Morgan fingerprint density at radius 1 is 1.23 bits per heavy atom. The predicted octanol–water partition coefficient (Wildman–Crippen LogP) is 2.92. The maximum atomic E-state index is 12.5.